The Bertz CT molecular complexity index is 434. The van der Waals surface area contributed by atoms with Gasteiger partial charge in [0.05, 0.1) is 5.60 Å². The van der Waals surface area contributed by atoms with E-state index in [1.54, 1.807) is 0 Å². The average Bonchev–Trinajstić information content (AvgIpc) is 2.39. The minimum Gasteiger partial charge on any atom is -0.389 e. The Kier molecular flexibility index (Phi) is 4.19. The number of hydrogen-bond donors (Lipinski definition) is 3. The van der Waals surface area contributed by atoms with Crippen LogP contribution in [0.15, 0.2) is 30.3 Å². The van der Waals surface area contributed by atoms with Crippen LogP contribution in [0.1, 0.15) is 31.4 Å². The van der Waals surface area contributed by atoms with Crippen LogP contribution < -0.4 is 11.3 Å². The predicted molar refractivity (Wildman–Crippen MR) is 72.9 cm³/mol. The van der Waals surface area contributed by atoms with Crippen LogP contribution in [0.25, 0.3) is 0 Å². The largest absolute Gasteiger partial charge is 0.389 e. The first-order chi connectivity index (χ1) is 9.03. The van der Waals surface area contributed by atoms with Crippen LogP contribution in [-0.2, 0) is 4.79 Å². The van der Waals surface area contributed by atoms with Crippen LogP contribution >= 0.6 is 0 Å². The SMILES string of the molecule is CC1(O)CCCN(C(C(=O)NN)c2ccccc2)C1. The van der Waals surface area contributed by atoms with Gasteiger partial charge in [-0.2, -0.15) is 0 Å². The molecule has 0 aliphatic carbocycles. The molecule has 1 amide bonds. The van der Waals surface area contributed by atoms with Gasteiger partial charge in [0, 0.05) is 6.54 Å². The lowest BCUT2D eigenvalue weighted by Crippen LogP contribution is -2.51. The van der Waals surface area contributed by atoms with Crippen molar-refractivity contribution < 1.29 is 9.90 Å². The zero-order chi connectivity index (χ0) is 13.9. The summed E-state index contributed by atoms with van der Waals surface area (Å²) in [6.07, 6.45) is 1.63. The molecule has 1 aromatic rings. The van der Waals surface area contributed by atoms with Crippen LogP contribution in [0, 0.1) is 0 Å². The second kappa shape index (κ2) is 5.69. The van der Waals surface area contributed by atoms with E-state index < -0.39 is 11.6 Å². The highest BCUT2D eigenvalue weighted by atomic mass is 16.3. The van der Waals surface area contributed by atoms with Crippen molar-refractivity contribution in [2.75, 3.05) is 13.1 Å². The summed E-state index contributed by atoms with van der Waals surface area (Å²) in [5.74, 6) is 5.05. The Morgan fingerprint density at radius 2 is 2.16 bits per heavy atom. The number of benzene rings is 1. The quantitative estimate of drug-likeness (QED) is 0.423. The molecule has 1 aromatic carbocycles. The third kappa shape index (κ3) is 3.32. The fourth-order valence-corrected chi connectivity index (χ4v) is 2.72. The van der Waals surface area contributed by atoms with E-state index in [1.165, 1.54) is 0 Å². The maximum absolute atomic E-state index is 12.1. The molecule has 19 heavy (non-hydrogen) atoms. The van der Waals surface area contributed by atoms with Crippen molar-refractivity contribution in [1.82, 2.24) is 10.3 Å². The highest BCUT2D eigenvalue weighted by Crippen LogP contribution is 2.28. The topological polar surface area (TPSA) is 78.6 Å². The van der Waals surface area contributed by atoms with Gasteiger partial charge in [-0.3, -0.25) is 15.1 Å². The summed E-state index contributed by atoms with van der Waals surface area (Å²) in [5.41, 5.74) is 2.37. The lowest BCUT2D eigenvalue weighted by atomic mass is 9.92. The molecule has 5 heteroatoms. The number of carbonyl (C=O) groups is 1. The van der Waals surface area contributed by atoms with Gasteiger partial charge in [-0.05, 0) is 31.9 Å². The molecule has 104 valence electrons. The standard InChI is InChI=1S/C14H21N3O2/c1-14(19)8-5-9-17(10-14)12(13(18)16-15)11-6-3-2-4-7-11/h2-4,6-7,12,19H,5,8-10,15H2,1H3,(H,16,18). The molecule has 0 radical (unpaired) electrons. The third-order valence-corrected chi connectivity index (χ3v) is 3.58. The van der Waals surface area contributed by atoms with Gasteiger partial charge in [0.15, 0.2) is 0 Å². The maximum atomic E-state index is 12.1. The third-order valence-electron chi connectivity index (χ3n) is 3.58. The zero-order valence-corrected chi connectivity index (χ0v) is 11.2. The van der Waals surface area contributed by atoms with Gasteiger partial charge in [0.1, 0.15) is 6.04 Å². The fourth-order valence-electron chi connectivity index (χ4n) is 2.72. The number of hydrogen-bond acceptors (Lipinski definition) is 4. The molecule has 2 unspecified atom stereocenters. The number of nitrogens with one attached hydrogen (secondary N) is 1. The summed E-state index contributed by atoms with van der Waals surface area (Å²) in [5, 5.41) is 10.2. The number of nitrogens with zero attached hydrogens (tertiary/aromatic N) is 1. The fraction of sp³-hybridized carbons (Fsp3) is 0.500. The number of β-amino-alcohol motifs (C(OH)–C–C–N with tert-alkyl or cyclic N) is 1. The molecule has 0 saturated carbocycles. The summed E-state index contributed by atoms with van der Waals surface area (Å²) in [6, 6.07) is 9.07. The molecule has 2 rings (SSSR count). The number of nitrogens with two attached hydrogens (primary N) is 1. The minimum atomic E-state index is -0.750. The first-order valence-electron chi connectivity index (χ1n) is 6.55. The highest BCUT2D eigenvalue weighted by Gasteiger charge is 2.35. The van der Waals surface area contributed by atoms with Gasteiger partial charge in [-0.25, -0.2) is 5.84 Å². The molecular weight excluding hydrogens is 242 g/mol. The van der Waals surface area contributed by atoms with E-state index in [-0.39, 0.29) is 5.91 Å². The Labute approximate surface area is 113 Å². The van der Waals surface area contributed by atoms with Crippen molar-refractivity contribution in [3.05, 3.63) is 35.9 Å². The highest BCUT2D eigenvalue weighted by molar-refractivity contribution is 5.82. The Balaban J connectivity index is 2.26. The van der Waals surface area contributed by atoms with Crippen molar-refractivity contribution in [1.29, 1.82) is 0 Å². The van der Waals surface area contributed by atoms with Crippen molar-refractivity contribution in [3.8, 4) is 0 Å². The molecule has 2 atom stereocenters. The van der Waals surface area contributed by atoms with E-state index in [2.05, 4.69) is 5.43 Å². The van der Waals surface area contributed by atoms with E-state index in [0.717, 1.165) is 24.9 Å². The molecule has 5 nitrogen and oxygen atoms in total. The van der Waals surface area contributed by atoms with Crippen LogP contribution in [-0.4, -0.2) is 34.6 Å². The lowest BCUT2D eigenvalue weighted by Gasteiger charge is -2.40. The van der Waals surface area contributed by atoms with E-state index in [0.29, 0.717) is 6.54 Å². The van der Waals surface area contributed by atoms with Crippen molar-refractivity contribution in [2.45, 2.75) is 31.4 Å². The van der Waals surface area contributed by atoms with Crippen LogP contribution in [0.5, 0.6) is 0 Å². The van der Waals surface area contributed by atoms with E-state index in [4.69, 9.17) is 5.84 Å². The van der Waals surface area contributed by atoms with Gasteiger partial charge in [-0.15, -0.1) is 0 Å². The molecule has 4 N–H and O–H groups in total. The lowest BCUT2D eigenvalue weighted by molar-refractivity contribution is -0.129. The molecule has 1 aliphatic rings. The van der Waals surface area contributed by atoms with Crippen molar-refractivity contribution >= 4 is 5.91 Å². The predicted octanol–water partition coefficient (Wildman–Crippen LogP) is 0.564. The first-order valence-corrected chi connectivity index (χ1v) is 6.55. The van der Waals surface area contributed by atoms with Gasteiger partial charge < -0.3 is 5.11 Å². The van der Waals surface area contributed by atoms with E-state index in [9.17, 15) is 9.90 Å². The normalized spacial score (nSPS) is 25.8. The number of likely N-dealkylation sites (tertiary alicyclic amines) is 1. The summed E-state index contributed by atoms with van der Waals surface area (Å²) >= 11 is 0. The Hall–Kier alpha value is -1.43. The zero-order valence-electron chi connectivity index (χ0n) is 11.2. The second-order valence-corrected chi connectivity index (χ2v) is 5.39. The van der Waals surface area contributed by atoms with Gasteiger partial charge >= 0.3 is 0 Å². The number of carbonyl (C=O) groups excluding carboxylic acids is 1. The van der Waals surface area contributed by atoms with Crippen molar-refractivity contribution in [2.24, 2.45) is 5.84 Å². The molecule has 0 aromatic heterocycles. The number of hydrazine groups is 1. The molecule has 1 saturated heterocycles. The molecule has 0 spiro atoms. The number of piperidine rings is 1. The molecule has 1 aliphatic heterocycles. The average molecular weight is 263 g/mol. The number of rotatable bonds is 3. The second-order valence-electron chi connectivity index (χ2n) is 5.39. The summed E-state index contributed by atoms with van der Waals surface area (Å²) in [7, 11) is 0. The smallest absolute Gasteiger partial charge is 0.255 e. The monoisotopic (exact) mass is 263 g/mol. The molecule has 1 heterocycles. The van der Waals surface area contributed by atoms with Gasteiger partial charge in [-0.1, -0.05) is 30.3 Å². The Morgan fingerprint density at radius 3 is 2.74 bits per heavy atom. The van der Waals surface area contributed by atoms with Crippen LogP contribution in [0.2, 0.25) is 0 Å². The molecule has 0 bridgehead atoms. The first kappa shape index (κ1) is 14.0. The van der Waals surface area contributed by atoms with Gasteiger partial charge in [0.2, 0.25) is 0 Å². The van der Waals surface area contributed by atoms with Crippen LogP contribution in [0.4, 0.5) is 0 Å². The van der Waals surface area contributed by atoms with E-state index >= 15 is 0 Å². The number of amides is 1. The minimum absolute atomic E-state index is 0.246. The molecular formula is C14H21N3O2. The van der Waals surface area contributed by atoms with Crippen molar-refractivity contribution in [3.63, 3.8) is 0 Å². The van der Waals surface area contributed by atoms with E-state index in [1.807, 2.05) is 42.2 Å². The number of aliphatic hydroxyl groups is 1. The van der Waals surface area contributed by atoms with Gasteiger partial charge in [0.25, 0.3) is 5.91 Å². The summed E-state index contributed by atoms with van der Waals surface area (Å²) in [4.78, 5) is 14.1. The maximum Gasteiger partial charge on any atom is 0.255 e. The summed E-state index contributed by atoms with van der Waals surface area (Å²) in [6.45, 7) is 3.06. The van der Waals surface area contributed by atoms with Crippen LogP contribution in [0.3, 0.4) is 0 Å². The molecule has 1 fully saturated rings. The Morgan fingerprint density at radius 1 is 1.47 bits per heavy atom. The summed E-state index contributed by atoms with van der Waals surface area (Å²) < 4.78 is 0.